The number of sulfonamides is 1. The monoisotopic (exact) mass is 403 g/mol. The van der Waals surface area contributed by atoms with Crippen LogP contribution in [0.2, 0.25) is 0 Å². The van der Waals surface area contributed by atoms with Crippen LogP contribution in [0.3, 0.4) is 0 Å². The number of para-hydroxylation sites is 1. The number of rotatable bonds is 8. The van der Waals surface area contributed by atoms with Crippen molar-refractivity contribution >= 4 is 33.2 Å². The molecule has 7 nitrogen and oxygen atoms in total. The fourth-order valence-electron chi connectivity index (χ4n) is 2.63. The van der Waals surface area contributed by atoms with E-state index in [1.54, 1.807) is 42.5 Å². The van der Waals surface area contributed by atoms with Crippen LogP contribution in [0.1, 0.15) is 29.3 Å². The summed E-state index contributed by atoms with van der Waals surface area (Å²) in [5.74, 6) is -0.834. The van der Waals surface area contributed by atoms with Gasteiger partial charge in [0.05, 0.1) is 23.2 Å². The molecular weight excluding hydrogens is 378 g/mol. The molecule has 0 saturated carbocycles. The Kier molecular flexibility index (Phi) is 7.17. The van der Waals surface area contributed by atoms with Crippen molar-refractivity contribution in [1.29, 1.82) is 0 Å². The van der Waals surface area contributed by atoms with Crippen molar-refractivity contribution in [2.45, 2.75) is 20.3 Å². The van der Waals surface area contributed by atoms with Gasteiger partial charge < -0.3 is 10.6 Å². The van der Waals surface area contributed by atoms with Gasteiger partial charge in [-0.3, -0.25) is 13.9 Å². The number of carbonyl (C=O) groups is 2. The maximum atomic E-state index is 12.6. The fraction of sp³-hybridized carbons (Fsp3) is 0.300. The van der Waals surface area contributed by atoms with E-state index in [0.717, 1.165) is 22.5 Å². The predicted molar refractivity (Wildman–Crippen MR) is 111 cm³/mol. The van der Waals surface area contributed by atoms with Crippen LogP contribution >= 0.6 is 0 Å². The van der Waals surface area contributed by atoms with Crippen molar-refractivity contribution in [3.63, 3.8) is 0 Å². The minimum Gasteiger partial charge on any atom is -0.352 e. The van der Waals surface area contributed by atoms with Crippen LogP contribution in [0.25, 0.3) is 0 Å². The minimum absolute atomic E-state index is 0.295. The van der Waals surface area contributed by atoms with Gasteiger partial charge >= 0.3 is 0 Å². The highest BCUT2D eigenvalue weighted by molar-refractivity contribution is 7.92. The normalized spacial score (nSPS) is 11.0. The molecule has 28 heavy (non-hydrogen) atoms. The molecule has 0 aliphatic heterocycles. The Bertz CT molecular complexity index is 957. The molecule has 0 fully saturated rings. The summed E-state index contributed by atoms with van der Waals surface area (Å²) in [6, 6.07) is 13.5. The van der Waals surface area contributed by atoms with Crippen LogP contribution in [0.15, 0.2) is 48.5 Å². The molecule has 8 heteroatoms. The molecule has 150 valence electrons. The molecule has 0 unspecified atom stereocenters. The average Bonchev–Trinajstić information content (AvgIpc) is 2.63. The topological polar surface area (TPSA) is 95.6 Å². The van der Waals surface area contributed by atoms with Gasteiger partial charge in [-0.05, 0) is 43.2 Å². The van der Waals surface area contributed by atoms with Crippen LogP contribution in [-0.4, -0.2) is 39.6 Å². The summed E-state index contributed by atoms with van der Waals surface area (Å²) in [5, 5.41) is 5.41. The largest absolute Gasteiger partial charge is 0.352 e. The average molecular weight is 404 g/mol. The first-order chi connectivity index (χ1) is 13.2. The molecule has 0 bridgehead atoms. The second-order valence-corrected chi connectivity index (χ2v) is 8.37. The number of anilines is 2. The summed E-state index contributed by atoms with van der Waals surface area (Å²) in [4.78, 5) is 24.8. The SMILES string of the molecule is CCCNC(=O)c1ccccc1NC(=O)CN(c1cccc(C)c1)S(C)(=O)=O. The van der Waals surface area contributed by atoms with E-state index >= 15 is 0 Å². The number of hydrogen-bond acceptors (Lipinski definition) is 4. The van der Waals surface area contributed by atoms with Crippen LogP contribution in [0.4, 0.5) is 11.4 Å². The summed E-state index contributed by atoms with van der Waals surface area (Å²) in [6.07, 6.45) is 1.84. The highest BCUT2D eigenvalue weighted by atomic mass is 32.2. The van der Waals surface area contributed by atoms with Crippen molar-refractivity contribution in [3.8, 4) is 0 Å². The third-order valence-electron chi connectivity index (χ3n) is 3.96. The number of nitrogens with one attached hydrogen (secondary N) is 2. The molecule has 2 amide bonds. The molecular formula is C20H25N3O4S. The van der Waals surface area contributed by atoms with E-state index in [2.05, 4.69) is 10.6 Å². The molecule has 0 atom stereocenters. The minimum atomic E-state index is -3.67. The van der Waals surface area contributed by atoms with Gasteiger partial charge in [0.25, 0.3) is 5.91 Å². The third-order valence-corrected chi connectivity index (χ3v) is 5.10. The van der Waals surface area contributed by atoms with Crippen LogP contribution in [0.5, 0.6) is 0 Å². The molecule has 0 spiro atoms. The lowest BCUT2D eigenvalue weighted by Gasteiger charge is -2.22. The standard InChI is InChI=1S/C20H25N3O4S/c1-4-12-21-20(25)17-10-5-6-11-18(17)22-19(24)14-23(28(3,26)27)16-9-7-8-15(2)13-16/h5-11,13H,4,12,14H2,1-3H3,(H,21,25)(H,22,24). The van der Waals surface area contributed by atoms with E-state index in [-0.39, 0.29) is 5.91 Å². The first-order valence-electron chi connectivity index (χ1n) is 8.94. The van der Waals surface area contributed by atoms with Crippen LogP contribution in [-0.2, 0) is 14.8 Å². The summed E-state index contributed by atoms with van der Waals surface area (Å²) < 4.78 is 25.4. The van der Waals surface area contributed by atoms with E-state index in [9.17, 15) is 18.0 Å². The Labute approximate surface area is 165 Å². The fourth-order valence-corrected chi connectivity index (χ4v) is 3.48. The zero-order valence-electron chi connectivity index (χ0n) is 16.2. The second-order valence-electron chi connectivity index (χ2n) is 6.46. The lowest BCUT2D eigenvalue weighted by atomic mass is 10.1. The summed E-state index contributed by atoms with van der Waals surface area (Å²) in [5.41, 5.74) is 1.95. The molecule has 2 aromatic carbocycles. The van der Waals surface area contributed by atoms with Gasteiger partial charge in [0, 0.05) is 6.54 Å². The second kappa shape index (κ2) is 9.36. The maximum Gasteiger partial charge on any atom is 0.253 e. The molecule has 0 aliphatic rings. The number of amides is 2. The Morgan fingerprint density at radius 1 is 1.07 bits per heavy atom. The van der Waals surface area contributed by atoms with E-state index in [1.165, 1.54) is 0 Å². The van der Waals surface area contributed by atoms with E-state index in [4.69, 9.17) is 0 Å². The Morgan fingerprint density at radius 3 is 2.43 bits per heavy atom. The van der Waals surface area contributed by atoms with Crippen molar-refractivity contribution in [3.05, 3.63) is 59.7 Å². The van der Waals surface area contributed by atoms with Crippen molar-refractivity contribution in [1.82, 2.24) is 5.32 Å². The van der Waals surface area contributed by atoms with Gasteiger partial charge in [-0.25, -0.2) is 8.42 Å². The Hall–Kier alpha value is -2.87. The van der Waals surface area contributed by atoms with Gasteiger partial charge in [0.15, 0.2) is 0 Å². The maximum absolute atomic E-state index is 12.6. The summed E-state index contributed by atoms with van der Waals surface area (Å²) >= 11 is 0. The first-order valence-corrected chi connectivity index (χ1v) is 10.8. The highest BCUT2D eigenvalue weighted by Crippen LogP contribution is 2.20. The smallest absolute Gasteiger partial charge is 0.253 e. The number of nitrogens with zero attached hydrogens (tertiary/aromatic N) is 1. The lowest BCUT2D eigenvalue weighted by molar-refractivity contribution is -0.114. The Morgan fingerprint density at radius 2 is 1.79 bits per heavy atom. The zero-order valence-corrected chi connectivity index (χ0v) is 17.0. The van der Waals surface area contributed by atoms with Gasteiger partial charge in [0.1, 0.15) is 6.54 Å². The third kappa shape index (κ3) is 5.82. The number of aryl methyl sites for hydroxylation is 1. The molecule has 2 aromatic rings. The van der Waals surface area contributed by atoms with E-state index < -0.39 is 22.5 Å². The number of hydrogen-bond donors (Lipinski definition) is 2. The number of benzene rings is 2. The number of carbonyl (C=O) groups excluding carboxylic acids is 2. The molecule has 0 heterocycles. The lowest BCUT2D eigenvalue weighted by Crippen LogP contribution is -2.37. The van der Waals surface area contributed by atoms with Gasteiger partial charge in [-0.15, -0.1) is 0 Å². The highest BCUT2D eigenvalue weighted by Gasteiger charge is 2.22. The van der Waals surface area contributed by atoms with E-state index in [0.29, 0.717) is 23.5 Å². The zero-order chi connectivity index (χ0) is 20.7. The molecule has 0 radical (unpaired) electrons. The Balaban J connectivity index is 2.21. The van der Waals surface area contributed by atoms with Gasteiger partial charge in [-0.1, -0.05) is 31.2 Å². The van der Waals surface area contributed by atoms with Gasteiger partial charge in [0.2, 0.25) is 15.9 Å². The van der Waals surface area contributed by atoms with Crippen molar-refractivity contribution in [2.75, 3.05) is 29.0 Å². The summed E-state index contributed by atoms with van der Waals surface area (Å²) in [6.45, 7) is 3.91. The first kappa shape index (κ1) is 21.4. The quantitative estimate of drug-likeness (QED) is 0.708. The van der Waals surface area contributed by atoms with Crippen LogP contribution in [0, 0.1) is 6.92 Å². The summed E-state index contributed by atoms with van der Waals surface area (Å²) in [7, 11) is -3.67. The van der Waals surface area contributed by atoms with Crippen molar-refractivity contribution in [2.24, 2.45) is 0 Å². The van der Waals surface area contributed by atoms with E-state index in [1.807, 2.05) is 19.9 Å². The van der Waals surface area contributed by atoms with Crippen molar-refractivity contribution < 1.29 is 18.0 Å². The molecule has 2 N–H and O–H groups in total. The molecule has 0 aromatic heterocycles. The molecule has 2 rings (SSSR count). The molecule has 0 saturated heterocycles. The van der Waals surface area contributed by atoms with Gasteiger partial charge in [-0.2, -0.15) is 0 Å². The predicted octanol–water partition coefficient (Wildman–Crippen LogP) is 2.54. The van der Waals surface area contributed by atoms with Crippen LogP contribution < -0.4 is 14.9 Å². The molecule has 0 aliphatic carbocycles.